The second kappa shape index (κ2) is 4.32. The highest BCUT2D eigenvalue weighted by atomic mass is 16.5. The van der Waals surface area contributed by atoms with Crippen LogP contribution in [0.3, 0.4) is 0 Å². The summed E-state index contributed by atoms with van der Waals surface area (Å²) < 4.78 is 5.29. The van der Waals surface area contributed by atoms with Crippen LogP contribution in [0.25, 0.3) is 6.08 Å². The van der Waals surface area contributed by atoms with Crippen molar-refractivity contribution in [3.05, 3.63) is 35.9 Å². The summed E-state index contributed by atoms with van der Waals surface area (Å²) in [5, 5.41) is 8.71. The van der Waals surface area contributed by atoms with Crippen molar-refractivity contribution in [2.75, 3.05) is 6.61 Å². The van der Waals surface area contributed by atoms with Gasteiger partial charge >= 0.3 is 0 Å². The molecule has 13 heavy (non-hydrogen) atoms. The van der Waals surface area contributed by atoms with E-state index < -0.39 is 0 Å². The highest BCUT2D eigenvalue weighted by Gasteiger charge is 1.98. The van der Waals surface area contributed by atoms with Gasteiger partial charge in [0.05, 0.1) is 18.2 Å². The van der Waals surface area contributed by atoms with Crippen molar-refractivity contribution in [1.29, 1.82) is 5.26 Å². The van der Waals surface area contributed by atoms with Gasteiger partial charge < -0.3 is 4.74 Å². The molecule has 0 bridgehead atoms. The summed E-state index contributed by atoms with van der Waals surface area (Å²) in [6, 6.07) is 7.42. The van der Waals surface area contributed by atoms with E-state index >= 15 is 0 Å². The largest absolute Gasteiger partial charge is 0.494 e. The summed E-state index contributed by atoms with van der Waals surface area (Å²) in [5.74, 6) is 0.719. The topological polar surface area (TPSA) is 33.0 Å². The number of nitriles is 1. The molecule has 2 nitrogen and oxygen atoms in total. The van der Waals surface area contributed by atoms with Gasteiger partial charge in [0, 0.05) is 0 Å². The van der Waals surface area contributed by atoms with Crippen LogP contribution in [-0.4, -0.2) is 6.61 Å². The van der Waals surface area contributed by atoms with E-state index in [1.807, 2.05) is 13.0 Å². The molecule has 0 amide bonds. The normalized spacial score (nSPS) is 8.92. The second-order valence-corrected chi connectivity index (χ2v) is 2.54. The molecule has 0 radical (unpaired) electrons. The summed E-state index contributed by atoms with van der Waals surface area (Å²) in [6.07, 6.45) is 1.70. The number of benzene rings is 1. The van der Waals surface area contributed by atoms with Crippen LogP contribution in [0.15, 0.2) is 24.8 Å². The monoisotopic (exact) mass is 173 g/mol. The van der Waals surface area contributed by atoms with Crippen molar-refractivity contribution in [2.45, 2.75) is 6.92 Å². The van der Waals surface area contributed by atoms with Gasteiger partial charge in [0.1, 0.15) is 5.75 Å². The van der Waals surface area contributed by atoms with E-state index in [1.165, 1.54) is 0 Å². The Morgan fingerprint density at radius 3 is 2.85 bits per heavy atom. The average Bonchev–Trinajstić information content (AvgIpc) is 2.17. The SMILES string of the molecule is C=Cc1cc(C#N)cc(OCC)c1. The predicted octanol–water partition coefficient (Wildman–Crippen LogP) is 2.60. The zero-order valence-corrected chi connectivity index (χ0v) is 7.58. The maximum Gasteiger partial charge on any atom is 0.121 e. The summed E-state index contributed by atoms with van der Waals surface area (Å²) >= 11 is 0. The van der Waals surface area contributed by atoms with Crippen LogP contribution >= 0.6 is 0 Å². The van der Waals surface area contributed by atoms with Crippen LogP contribution in [0.5, 0.6) is 5.75 Å². The quantitative estimate of drug-likeness (QED) is 0.703. The van der Waals surface area contributed by atoms with Crippen LogP contribution in [0.4, 0.5) is 0 Å². The van der Waals surface area contributed by atoms with Crippen molar-refractivity contribution in [3.8, 4) is 11.8 Å². The van der Waals surface area contributed by atoms with Gasteiger partial charge in [-0.15, -0.1) is 0 Å². The molecule has 0 N–H and O–H groups in total. The molecule has 1 aromatic carbocycles. The Morgan fingerprint density at radius 1 is 1.54 bits per heavy atom. The summed E-state index contributed by atoms with van der Waals surface area (Å²) in [4.78, 5) is 0. The zero-order chi connectivity index (χ0) is 9.68. The van der Waals surface area contributed by atoms with E-state index in [9.17, 15) is 0 Å². The maximum absolute atomic E-state index is 8.71. The molecule has 2 heteroatoms. The van der Waals surface area contributed by atoms with Crippen molar-refractivity contribution < 1.29 is 4.74 Å². The predicted molar refractivity (Wildman–Crippen MR) is 52.4 cm³/mol. The lowest BCUT2D eigenvalue weighted by atomic mass is 10.1. The van der Waals surface area contributed by atoms with Gasteiger partial charge in [0.15, 0.2) is 0 Å². The fraction of sp³-hybridized carbons (Fsp3) is 0.182. The van der Waals surface area contributed by atoms with Gasteiger partial charge in [0.2, 0.25) is 0 Å². The van der Waals surface area contributed by atoms with Crippen LogP contribution in [0.2, 0.25) is 0 Å². The second-order valence-electron chi connectivity index (χ2n) is 2.54. The summed E-state index contributed by atoms with van der Waals surface area (Å²) in [6.45, 7) is 6.15. The molecule has 0 heterocycles. The first-order chi connectivity index (χ1) is 6.30. The fourth-order valence-electron chi connectivity index (χ4n) is 1.05. The Hall–Kier alpha value is -1.75. The maximum atomic E-state index is 8.71. The smallest absolute Gasteiger partial charge is 0.121 e. The minimum absolute atomic E-state index is 0.598. The van der Waals surface area contributed by atoms with Crippen molar-refractivity contribution in [3.63, 3.8) is 0 Å². The average molecular weight is 173 g/mol. The lowest BCUT2D eigenvalue weighted by Gasteiger charge is -2.04. The Labute approximate surface area is 78.1 Å². The number of hydrogen-bond donors (Lipinski definition) is 0. The van der Waals surface area contributed by atoms with Crippen molar-refractivity contribution in [1.82, 2.24) is 0 Å². The van der Waals surface area contributed by atoms with E-state index in [1.54, 1.807) is 18.2 Å². The van der Waals surface area contributed by atoms with E-state index in [0.717, 1.165) is 11.3 Å². The fourth-order valence-corrected chi connectivity index (χ4v) is 1.05. The molecule has 0 aliphatic heterocycles. The molecule has 0 aromatic heterocycles. The van der Waals surface area contributed by atoms with E-state index in [0.29, 0.717) is 12.2 Å². The lowest BCUT2D eigenvalue weighted by Crippen LogP contribution is -1.92. The molecule has 0 atom stereocenters. The first kappa shape index (κ1) is 9.34. The molecule has 66 valence electrons. The number of ether oxygens (including phenoxy) is 1. The minimum atomic E-state index is 0.598. The molecule has 0 saturated heterocycles. The zero-order valence-electron chi connectivity index (χ0n) is 7.58. The summed E-state index contributed by atoms with van der Waals surface area (Å²) in [7, 11) is 0. The molecule has 0 unspecified atom stereocenters. The lowest BCUT2D eigenvalue weighted by molar-refractivity contribution is 0.340. The van der Waals surface area contributed by atoms with Gasteiger partial charge in [-0.05, 0) is 30.7 Å². The van der Waals surface area contributed by atoms with Crippen molar-refractivity contribution in [2.24, 2.45) is 0 Å². The first-order valence-electron chi connectivity index (χ1n) is 4.10. The summed E-state index contributed by atoms with van der Waals surface area (Å²) in [5.41, 5.74) is 1.50. The molecular weight excluding hydrogens is 162 g/mol. The first-order valence-corrected chi connectivity index (χ1v) is 4.10. The number of rotatable bonds is 3. The van der Waals surface area contributed by atoms with E-state index in [4.69, 9.17) is 10.00 Å². The molecule has 0 aliphatic carbocycles. The number of hydrogen-bond acceptors (Lipinski definition) is 2. The van der Waals surface area contributed by atoms with Crippen molar-refractivity contribution >= 4 is 6.08 Å². The van der Waals surface area contributed by atoms with Gasteiger partial charge in [-0.2, -0.15) is 5.26 Å². The third-order valence-electron chi connectivity index (χ3n) is 1.60. The van der Waals surface area contributed by atoms with Gasteiger partial charge in [-0.3, -0.25) is 0 Å². The van der Waals surface area contributed by atoms with Crippen LogP contribution in [0.1, 0.15) is 18.1 Å². The van der Waals surface area contributed by atoms with Gasteiger partial charge in [-0.25, -0.2) is 0 Å². The molecule has 0 fully saturated rings. The number of nitrogens with zero attached hydrogens (tertiary/aromatic N) is 1. The Kier molecular flexibility index (Phi) is 3.10. The Balaban J connectivity index is 3.08. The van der Waals surface area contributed by atoms with Crippen LogP contribution < -0.4 is 4.74 Å². The van der Waals surface area contributed by atoms with Crippen LogP contribution in [0, 0.1) is 11.3 Å². The third-order valence-corrected chi connectivity index (χ3v) is 1.60. The van der Waals surface area contributed by atoms with E-state index in [2.05, 4.69) is 12.6 Å². The molecule has 1 aromatic rings. The molecular formula is C11H11NO. The highest BCUT2D eigenvalue weighted by molar-refractivity contribution is 5.54. The molecule has 0 saturated carbocycles. The Bertz CT molecular complexity index is 350. The molecule has 0 aliphatic rings. The standard InChI is InChI=1S/C11H11NO/c1-3-9-5-10(8-12)7-11(6-9)13-4-2/h3,5-7H,1,4H2,2H3. The van der Waals surface area contributed by atoms with Gasteiger partial charge in [-0.1, -0.05) is 12.7 Å². The minimum Gasteiger partial charge on any atom is -0.494 e. The van der Waals surface area contributed by atoms with Crippen LogP contribution in [-0.2, 0) is 0 Å². The Morgan fingerprint density at radius 2 is 2.31 bits per heavy atom. The molecule has 1 rings (SSSR count). The third kappa shape index (κ3) is 2.34. The molecule has 0 spiro atoms. The highest BCUT2D eigenvalue weighted by Crippen LogP contribution is 2.17. The van der Waals surface area contributed by atoms with E-state index in [-0.39, 0.29) is 0 Å². The van der Waals surface area contributed by atoms with Gasteiger partial charge in [0.25, 0.3) is 0 Å².